The highest BCUT2D eigenvalue weighted by atomic mass is 35.5. The van der Waals surface area contributed by atoms with E-state index in [1.54, 1.807) is 0 Å². The van der Waals surface area contributed by atoms with Crippen LogP contribution in [0.1, 0.15) is 20.3 Å². The zero-order chi connectivity index (χ0) is 11.0. The van der Waals surface area contributed by atoms with Gasteiger partial charge in [-0.15, -0.1) is 11.6 Å². The molecule has 0 spiro atoms. The largest absolute Gasteiger partial charge is 0.372 e. The fourth-order valence-electron chi connectivity index (χ4n) is 1.63. The van der Waals surface area contributed by atoms with Crippen LogP contribution in [0.15, 0.2) is 0 Å². The van der Waals surface area contributed by atoms with Crippen molar-refractivity contribution in [1.82, 2.24) is 0 Å². The van der Waals surface area contributed by atoms with E-state index in [2.05, 4.69) is 0 Å². The number of alkyl halides is 2. The number of aliphatic hydroxyl groups is 1. The lowest BCUT2D eigenvalue weighted by Gasteiger charge is -2.45. The molecule has 0 aromatic rings. The summed E-state index contributed by atoms with van der Waals surface area (Å²) in [6.07, 6.45) is 0.262. The summed E-state index contributed by atoms with van der Waals surface area (Å²) in [5, 5.41) is 18.9. The molecule has 0 aliphatic carbocycles. The molecular weight excluding hydrogens is 225 g/mol. The van der Waals surface area contributed by atoms with E-state index in [9.17, 15) is 5.11 Å². The molecular formula is C9H13Cl2NO2. The van der Waals surface area contributed by atoms with Crippen LogP contribution in [0.5, 0.6) is 0 Å². The lowest BCUT2D eigenvalue weighted by atomic mass is 9.76. The topological polar surface area (TPSA) is 53.2 Å². The van der Waals surface area contributed by atoms with Crippen LogP contribution in [0.4, 0.5) is 0 Å². The Bertz CT molecular complexity index is 266. The van der Waals surface area contributed by atoms with Crippen LogP contribution in [-0.4, -0.2) is 27.8 Å². The van der Waals surface area contributed by atoms with E-state index in [1.807, 2.05) is 19.9 Å². The molecule has 3 atom stereocenters. The highest BCUT2D eigenvalue weighted by Crippen LogP contribution is 2.45. The standard InChI is InChI=1S/C9H13Cl2NO2/c1-6(2)9(11)3-7(10)14-5-8(9,13)4-12/h6-7,13H,3,5H2,1-2H3. The quantitative estimate of drug-likeness (QED) is 0.560. The lowest BCUT2D eigenvalue weighted by molar-refractivity contribution is -0.101. The van der Waals surface area contributed by atoms with Crippen molar-refractivity contribution in [2.45, 2.75) is 36.3 Å². The van der Waals surface area contributed by atoms with Gasteiger partial charge < -0.3 is 9.84 Å². The maximum absolute atomic E-state index is 10.0. The van der Waals surface area contributed by atoms with E-state index >= 15 is 0 Å². The summed E-state index contributed by atoms with van der Waals surface area (Å²) in [5.74, 6) is -0.0565. The number of nitrogens with zero attached hydrogens (tertiary/aromatic N) is 1. The first-order valence-corrected chi connectivity index (χ1v) is 5.25. The smallest absolute Gasteiger partial charge is 0.194 e. The summed E-state index contributed by atoms with van der Waals surface area (Å²) in [5.41, 5.74) is -2.20. The molecule has 0 amide bonds. The average molecular weight is 238 g/mol. The van der Waals surface area contributed by atoms with Crippen molar-refractivity contribution < 1.29 is 9.84 Å². The molecule has 0 radical (unpaired) electrons. The third-order valence-electron chi connectivity index (χ3n) is 2.72. The van der Waals surface area contributed by atoms with Gasteiger partial charge in [-0.1, -0.05) is 25.4 Å². The highest BCUT2D eigenvalue weighted by Gasteiger charge is 2.56. The first-order chi connectivity index (χ1) is 6.35. The molecule has 80 valence electrons. The summed E-state index contributed by atoms with van der Waals surface area (Å²) in [7, 11) is 0. The molecule has 0 aromatic heterocycles. The SMILES string of the molecule is CC(C)C1(Cl)CC(Cl)OCC1(O)C#N. The summed E-state index contributed by atoms with van der Waals surface area (Å²) in [4.78, 5) is -1.04. The van der Waals surface area contributed by atoms with Crippen LogP contribution < -0.4 is 0 Å². The Morgan fingerprint density at radius 3 is 2.64 bits per heavy atom. The Balaban J connectivity index is 3.02. The Labute approximate surface area is 93.6 Å². The molecule has 1 fully saturated rings. The van der Waals surface area contributed by atoms with Crippen LogP contribution in [0.3, 0.4) is 0 Å². The molecule has 1 rings (SSSR count). The fourth-order valence-corrected chi connectivity index (χ4v) is 2.25. The molecule has 5 heteroatoms. The van der Waals surface area contributed by atoms with E-state index in [0.717, 1.165) is 0 Å². The molecule has 3 nitrogen and oxygen atoms in total. The zero-order valence-corrected chi connectivity index (χ0v) is 9.64. The number of halogens is 2. The first-order valence-electron chi connectivity index (χ1n) is 4.44. The van der Waals surface area contributed by atoms with Gasteiger partial charge in [-0.3, -0.25) is 0 Å². The van der Waals surface area contributed by atoms with Gasteiger partial charge in [-0.05, 0) is 5.92 Å². The normalized spacial score (nSPS) is 43.6. The van der Waals surface area contributed by atoms with Crippen LogP contribution in [0.25, 0.3) is 0 Å². The molecule has 0 aromatic carbocycles. The lowest BCUT2D eigenvalue weighted by Crippen LogP contribution is -2.60. The molecule has 1 saturated heterocycles. The van der Waals surface area contributed by atoms with E-state index < -0.39 is 16.0 Å². The number of nitriles is 1. The van der Waals surface area contributed by atoms with Crippen LogP contribution in [0, 0.1) is 17.2 Å². The molecule has 0 bridgehead atoms. The second kappa shape index (κ2) is 3.86. The van der Waals surface area contributed by atoms with Gasteiger partial charge >= 0.3 is 0 Å². The molecule has 0 saturated carbocycles. The number of ether oxygens (including phenoxy) is 1. The highest BCUT2D eigenvalue weighted by molar-refractivity contribution is 6.27. The van der Waals surface area contributed by atoms with Crippen molar-refractivity contribution in [3.8, 4) is 6.07 Å². The monoisotopic (exact) mass is 237 g/mol. The van der Waals surface area contributed by atoms with Gasteiger partial charge in [-0.2, -0.15) is 5.26 Å². The molecule has 1 aliphatic rings. The predicted octanol–water partition coefficient (Wildman–Crippen LogP) is 1.86. The first kappa shape index (κ1) is 12.1. The molecule has 1 aliphatic heterocycles. The van der Waals surface area contributed by atoms with Gasteiger partial charge in [0.1, 0.15) is 11.6 Å². The third-order valence-corrected chi connectivity index (χ3v) is 3.90. The predicted molar refractivity (Wildman–Crippen MR) is 54.2 cm³/mol. The zero-order valence-electron chi connectivity index (χ0n) is 8.13. The van der Waals surface area contributed by atoms with E-state index in [4.69, 9.17) is 33.2 Å². The summed E-state index contributed by atoms with van der Waals surface area (Å²) < 4.78 is 5.04. The van der Waals surface area contributed by atoms with Gasteiger partial charge in [0.05, 0.1) is 11.5 Å². The molecule has 3 unspecified atom stereocenters. The minimum Gasteiger partial charge on any atom is -0.372 e. The number of hydrogen-bond acceptors (Lipinski definition) is 3. The van der Waals surface area contributed by atoms with Crippen LogP contribution >= 0.6 is 23.2 Å². The van der Waals surface area contributed by atoms with Gasteiger partial charge in [0, 0.05) is 6.42 Å². The van der Waals surface area contributed by atoms with E-state index in [1.165, 1.54) is 0 Å². The van der Waals surface area contributed by atoms with Crippen molar-refractivity contribution >= 4 is 23.2 Å². The van der Waals surface area contributed by atoms with Gasteiger partial charge in [0.2, 0.25) is 0 Å². The Hall–Kier alpha value is -0.0100. The van der Waals surface area contributed by atoms with Gasteiger partial charge in [0.25, 0.3) is 0 Å². The average Bonchev–Trinajstić information content (AvgIpc) is 2.12. The molecule has 1 N–H and O–H groups in total. The molecule has 14 heavy (non-hydrogen) atoms. The minimum atomic E-state index is -1.66. The summed E-state index contributed by atoms with van der Waals surface area (Å²) >= 11 is 12.1. The third kappa shape index (κ3) is 1.72. The van der Waals surface area contributed by atoms with Crippen molar-refractivity contribution in [2.24, 2.45) is 5.92 Å². The number of rotatable bonds is 1. The second-order valence-electron chi connectivity index (χ2n) is 3.91. The van der Waals surface area contributed by atoms with Crippen molar-refractivity contribution in [3.63, 3.8) is 0 Å². The van der Waals surface area contributed by atoms with Crippen molar-refractivity contribution in [1.29, 1.82) is 5.26 Å². The van der Waals surface area contributed by atoms with Crippen LogP contribution in [-0.2, 0) is 4.74 Å². The Morgan fingerprint density at radius 2 is 2.21 bits per heavy atom. The van der Waals surface area contributed by atoms with Gasteiger partial charge in [-0.25, -0.2) is 0 Å². The summed E-state index contributed by atoms with van der Waals surface area (Å²) in [6, 6.07) is 1.81. The van der Waals surface area contributed by atoms with Crippen molar-refractivity contribution in [3.05, 3.63) is 0 Å². The summed E-state index contributed by atoms with van der Waals surface area (Å²) in [6.45, 7) is 3.56. The second-order valence-corrected chi connectivity index (χ2v) is 5.08. The maximum atomic E-state index is 10.0. The number of hydrogen-bond donors (Lipinski definition) is 1. The minimum absolute atomic E-state index is 0.0565. The van der Waals surface area contributed by atoms with E-state index in [-0.39, 0.29) is 18.9 Å². The maximum Gasteiger partial charge on any atom is 0.194 e. The van der Waals surface area contributed by atoms with Gasteiger partial charge in [0.15, 0.2) is 5.60 Å². The fraction of sp³-hybridized carbons (Fsp3) is 0.889. The van der Waals surface area contributed by atoms with Crippen molar-refractivity contribution in [2.75, 3.05) is 6.61 Å². The Kier molecular flexibility index (Phi) is 3.33. The van der Waals surface area contributed by atoms with E-state index in [0.29, 0.717) is 0 Å². The molecule has 1 heterocycles. The van der Waals surface area contributed by atoms with Crippen LogP contribution in [0.2, 0.25) is 0 Å². The Morgan fingerprint density at radius 1 is 1.64 bits per heavy atom.